The molecule has 3 heteroatoms. The molecule has 2 fully saturated rings. The number of rotatable bonds is 4. The maximum atomic E-state index is 3.58. The molecule has 0 aromatic rings. The molecule has 0 aromatic heterocycles. The van der Waals surface area contributed by atoms with Gasteiger partial charge >= 0.3 is 0 Å². The monoisotopic (exact) mass is 211 g/mol. The lowest BCUT2D eigenvalue weighted by Crippen LogP contribution is -2.49. The first kappa shape index (κ1) is 11.4. The zero-order valence-electron chi connectivity index (χ0n) is 10.0. The van der Waals surface area contributed by atoms with Gasteiger partial charge < -0.3 is 10.2 Å². The minimum absolute atomic E-state index is 0.780. The van der Waals surface area contributed by atoms with Crippen LogP contribution in [-0.2, 0) is 0 Å². The highest BCUT2D eigenvalue weighted by Crippen LogP contribution is 2.09. The van der Waals surface area contributed by atoms with Gasteiger partial charge in [0, 0.05) is 38.8 Å². The van der Waals surface area contributed by atoms with Gasteiger partial charge in [0.25, 0.3) is 0 Å². The van der Waals surface area contributed by atoms with E-state index in [2.05, 4.69) is 22.0 Å². The standard InChI is InChI=1S/C12H25N3/c1-2-6-14-7-9-15(10-8-14)11-12-4-3-5-13-12/h12-13H,2-11H2,1H3. The molecule has 1 N–H and O–H groups in total. The van der Waals surface area contributed by atoms with Gasteiger partial charge in [-0.3, -0.25) is 4.90 Å². The van der Waals surface area contributed by atoms with E-state index in [4.69, 9.17) is 0 Å². The van der Waals surface area contributed by atoms with Gasteiger partial charge in [-0.05, 0) is 32.4 Å². The summed E-state index contributed by atoms with van der Waals surface area (Å²) in [7, 11) is 0. The zero-order valence-corrected chi connectivity index (χ0v) is 10.0. The SMILES string of the molecule is CCCN1CCN(CC2CCCN2)CC1. The molecule has 2 aliphatic heterocycles. The largest absolute Gasteiger partial charge is 0.313 e. The van der Waals surface area contributed by atoms with Crippen LogP contribution in [0.5, 0.6) is 0 Å². The summed E-state index contributed by atoms with van der Waals surface area (Å²) in [6.45, 7) is 11.2. The molecule has 15 heavy (non-hydrogen) atoms. The zero-order chi connectivity index (χ0) is 10.5. The summed E-state index contributed by atoms with van der Waals surface area (Å²) >= 11 is 0. The van der Waals surface area contributed by atoms with Gasteiger partial charge in [0.15, 0.2) is 0 Å². The Hall–Kier alpha value is -0.120. The average molecular weight is 211 g/mol. The summed E-state index contributed by atoms with van der Waals surface area (Å²) in [6, 6.07) is 0.780. The Kier molecular flexibility index (Phi) is 4.42. The molecule has 2 saturated heterocycles. The van der Waals surface area contributed by atoms with E-state index in [1.165, 1.54) is 65.1 Å². The van der Waals surface area contributed by atoms with Crippen molar-refractivity contribution in [1.29, 1.82) is 0 Å². The normalized spacial score (nSPS) is 29.8. The molecule has 2 rings (SSSR count). The highest BCUT2D eigenvalue weighted by molar-refractivity contribution is 4.80. The molecular weight excluding hydrogens is 186 g/mol. The molecule has 0 aromatic carbocycles. The number of piperazine rings is 1. The van der Waals surface area contributed by atoms with E-state index >= 15 is 0 Å². The molecule has 0 bridgehead atoms. The molecule has 0 amide bonds. The fourth-order valence-corrected chi connectivity index (χ4v) is 2.74. The fraction of sp³-hybridized carbons (Fsp3) is 1.00. The van der Waals surface area contributed by atoms with Crippen LogP contribution in [0.3, 0.4) is 0 Å². The van der Waals surface area contributed by atoms with Crippen LogP contribution in [0.1, 0.15) is 26.2 Å². The van der Waals surface area contributed by atoms with Crippen LogP contribution in [0.4, 0.5) is 0 Å². The third-order valence-electron chi connectivity index (χ3n) is 3.65. The summed E-state index contributed by atoms with van der Waals surface area (Å²) in [6.07, 6.45) is 4.06. The fourth-order valence-electron chi connectivity index (χ4n) is 2.74. The van der Waals surface area contributed by atoms with Crippen LogP contribution in [0.2, 0.25) is 0 Å². The van der Waals surface area contributed by atoms with Crippen LogP contribution in [0.25, 0.3) is 0 Å². The summed E-state index contributed by atoms with van der Waals surface area (Å²) in [5.41, 5.74) is 0. The smallest absolute Gasteiger partial charge is 0.0195 e. The Bertz CT molecular complexity index is 170. The minimum atomic E-state index is 0.780. The Morgan fingerprint density at radius 1 is 1.13 bits per heavy atom. The van der Waals surface area contributed by atoms with Crippen molar-refractivity contribution in [2.75, 3.05) is 45.8 Å². The molecule has 0 spiro atoms. The van der Waals surface area contributed by atoms with E-state index in [1.807, 2.05) is 0 Å². The molecule has 88 valence electrons. The topological polar surface area (TPSA) is 18.5 Å². The molecule has 2 heterocycles. The summed E-state index contributed by atoms with van der Waals surface area (Å²) < 4.78 is 0. The molecule has 0 aliphatic carbocycles. The molecular formula is C12H25N3. The predicted octanol–water partition coefficient (Wildman–Crippen LogP) is 0.766. The summed E-state index contributed by atoms with van der Waals surface area (Å²) in [5.74, 6) is 0. The van der Waals surface area contributed by atoms with E-state index < -0.39 is 0 Å². The lowest BCUT2D eigenvalue weighted by molar-refractivity contribution is 0.125. The number of nitrogens with one attached hydrogen (secondary N) is 1. The first-order valence-electron chi connectivity index (χ1n) is 6.56. The van der Waals surface area contributed by atoms with E-state index in [9.17, 15) is 0 Å². The lowest BCUT2D eigenvalue weighted by Gasteiger charge is -2.35. The van der Waals surface area contributed by atoms with Crippen molar-refractivity contribution in [1.82, 2.24) is 15.1 Å². The van der Waals surface area contributed by atoms with Crippen molar-refractivity contribution < 1.29 is 0 Å². The van der Waals surface area contributed by atoms with Crippen molar-refractivity contribution in [2.45, 2.75) is 32.2 Å². The van der Waals surface area contributed by atoms with Crippen LogP contribution >= 0.6 is 0 Å². The van der Waals surface area contributed by atoms with Crippen molar-refractivity contribution in [3.63, 3.8) is 0 Å². The second-order valence-electron chi connectivity index (χ2n) is 4.94. The third-order valence-corrected chi connectivity index (χ3v) is 3.65. The van der Waals surface area contributed by atoms with E-state index in [0.717, 1.165) is 6.04 Å². The Balaban J connectivity index is 1.64. The van der Waals surface area contributed by atoms with E-state index in [1.54, 1.807) is 0 Å². The predicted molar refractivity (Wildman–Crippen MR) is 64.2 cm³/mol. The van der Waals surface area contributed by atoms with E-state index in [-0.39, 0.29) is 0 Å². The Labute approximate surface area is 93.8 Å². The number of nitrogens with zero attached hydrogens (tertiary/aromatic N) is 2. The van der Waals surface area contributed by atoms with Crippen molar-refractivity contribution in [3.05, 3.63) is 0 Å². The summed E-state index contributed by atoms with van der Waals surface area (Å²) in [5, 5.41) is 3.58. The molecule has 1 atom stereocenters. The second kappa shape index (κ2) is 5.83. The van der Waals surface area contributed by atoms with Crippen LogP contribution < -0.4 is 5.32 Å². The van der Waals surface area contributed by atoms with Crippen molar-refractivity contribution in [2.24, 2.45) is 0 Å². The summed E-state index contributed by atoms with van der Waals surface area (Å²) in [4.78, 5) is 5.23. The van der Waals surface area contributed by atoms with Crippen LogP contribution in [0.15, 0.2) is 0 Å². The van der Waals surface area contributed by atoms with Crippen LogP contribution in [-0.4, -0.2) is 61.7 Å². The third kappa shape index (κ3) is 3.44. The Morgan fingerprint density at radius 2 is 1.87 bits per heavy atom. The van der Waals surface area contributed by atoms with Gasteiger partial charge in [-0.1, -0.05) is 6.92 Å². The quantitative estimate of drug-likeness (QED) is 0.741. The van der Waals surface area contributed by atoms with Gasteiger partial charge in [-0.2, -0.15) is 0 Å². The second-order valence-corrected chi connectivity index (χ2v) is 4.94. The molecule has 3 nitrogen and oxygen atoms in total. The van der Waals surface area contributed by atoms with Gasteiger partial charge in [-0.25, -0.2) is 0 Å². The van der Waals surface area contributed by atoms with E-state index in [0.29, 0.717) is 0 Å². The highest BCUT2D eigenvalue weighted by Gasteiger charge is 2.21. The lowest BCUT2D eigenvalue weighted by atomic mass is 10.2. The first-order valence-corrected chi connectivity index (χ1v) is 6.56. The minimum Gasteiger partial charge on any atom is -0.313 e. The molecule has 2 aliphatic rings. The maximum absolute atomic E-state index is 3.58. The Morgan fingerprint density at radius 3 is 2.47 bits per heavy atom. The highest BCUT2D eigenvalue weighted by atomic mass is 15.3. The number of hydrogen-bond acceptors (Lipinski definition) is 3. The van der Waals surface area contributed by atoms with Crippen molar-refractivity contribution in [3.8, 4) is 0 Å². The maximum Gasteiger partial charge on any atom is 0.0195 e. The first-order chi connectivity index (χ1) is 7.38. The van der Waals surface area contributed by atoms with Crippen LogP contribution in [0, 0.1) is 0 Å². The molecule has 0 radical (unpaired) electrons. The number of hydrogen-bond donors (Lipinski definition) is 1. The molecule has 1 unspecified atom stereocenters. The van der Waals surface area contributed by atoms with Crippen molar-refractivity contribution >= 4 is 0 Å². The van der Waals surface area contributed by atoms with Gasteiger partial charge in [0.2, 0.25) is 0 Å². The van der Waals surface area contributed by atoms with Gasteiger partial charge in [0.05, 0.1) is 0 Å². The van der Waals surface area contributed by atoms with Gasteiger partial charge in [-0.15, -0.1) is 0 Å². The van der Waals surface area contributed by atoms with Gasteiger partial charge in [0.1, 0.15) is 0 Å². The molecule has 0 saturated carbocycles. The average Bonchev–Trinajstić information content (AvgIpc) is 2.74.